The molecule has 0 radical (unpaired) electrons. The zero-order chi connectivity index (χ0) is 37.1. The number of carboxylic acid groups (broad SMARTS) is 2. The average Bonchev–Trinajstić information content (AvgIpc) is 3.03. The van der Waals surface area contributed by atoms with Crippen molar-refractivity contribution in [2.24, 2.45) is 0 Å². The molecule has 0 aliphatic heterocycles. The summed E-state index contributed by atoms with van der Waals surface area (Å²) in [6.45, 7) is 16.8. The highest BCUT2D eigenvalue weighted by Crippen LogP contribution is 2.43. The number of rotatable bonds is 19. The van der Waals surface area contributed by atoms with Gasteiger partial charge in [0.25, 0.3) is 0 Å². The Bertz CT molecular complexity index is 1530. The van der Waals surface area contributed by atoms with Crippen LogP contribution in [0.3, 0.4) is 0 Å². The lowest BCUT2D eigenvalue weighted by atomic mass is 9.72. The van der Waals surface area contributed by atoms with Crippen LogP contribution in [-0.2, 0) is 38.7 Å². The lowest BCUT2D eigenvalue weighted by Crippen LogP contribution is -2.41. The fourth-order valence-electron chi connectivity index (χ4n) is 6.87. The first-order valence-electron chi connectivity index (χ1n) is 18.6. The van der Waals surface area contributed by atoms with Crippen LogP contribution >= 0.6 is 11.8 Å². The Morgan fingerprint density at radius 2 is 1.26 bits per heavy atom. The van der Waals surface area contributed by atoms with Crippen molar-refractivity contribution in [3.8, 4) is 5.75 Å². The van der Waals surface area contributed by atoms with Gasteiger partial charge in [0.05, 0.1) is 6.42 Å². The van der Waals surface area contributed by atoms with E-state index in [0.717, 1.165) is 46.2 Å². The normalized spacial score (nSPS) is 13.3. The molecule has 3 rings (SSSR count). The van der Waals surface area contributed by atoms with Gasteiger partial charge in [0.1, 0.15) is 11.2 Å². The summed E-state index contributed by atoms with van der Waals surface area (Å²) in [6, 6.07) is 18.3. The van der Waals surface area contributed by atoms with Crippen LogP contribution in [0.2, 0.25) is 0 Å². The number of phenolic OH excluding ortho intramolecular Hbond substituents is 1. The van der Waals surface area contributed by atoms with E-state index in [2.05, 4.69) is 78.8 Å². The Balaban J connectivity index is 2.06. The molecule has 0 spiro atoms. The standard InChI is InChI=1S/C44H62O5S/c1-9-10-11-12-13-14-15-16-17-32-19-21-35(22-20-32)44(41(48)49,30-50-25-24-39(45)46)36-23-18-31(2)26-34(36)27-33-28-37(42(3,4)5)40(47)38(29-33)43(6,7)8/h18-23,26,28-29,47H,9-17,24-25,27,30H2,1-8H3,(H,45,46)(H,48,49). The van der Waals surface area contributed by atoms with Crippen molar-refractivity contribution in [3.05, 3.63) is 99.1 Å². The van der Waals surface area contributed by atoms with Gasteiger partial charge < -0.3 is 15.3 Å². The van der Waals surface area contributed by atoms with E-state index in [1.54, 1.807) is 0 Å². The van der Waals surface area contributed by atoms with E-state index in [1.807, 2.05) is 31.2 Å². The molecule has 3 N–H and O–H groups in total. The van der Waals surface area contributed by atoms with Crippen molar-refractivity contribution < 1.29 is 24.9 Å². The van der Waals surface area contributed by atoms with Gasteiger partial charge in [-0.3, -0.25) is 9.59 Å². The number of carbonyl (C=O) groups is 2. The fraction of sp³-hybridized carbons (Fsp3) is 0.545. The van der Waals surface area contributed by atoms with Crippen LogP contribution in [0, 0.1) is 6.92 Å². The molecule has 6 heteroatoms. The molecule has 3 aromatic rings. The molecule has 0 aliphatic rings. The monoisotopic (exact) mass is 702 g/mol. The third-order valence-corrected chi connectivity index (χ3v) is 10.9. The first-order valence-corrected chi connectivity index (χ1v) is 19.8. The number of aliphatic carboxylic acids is 2. The van der Waals surface area contributed by atoms with Crippen molar-refractivity contribution in [1.82, 2.24) is 0 Å². The van der Waals surface area contributed by atoms with Crippen LogP contribution in [0.25, 0.3) is 0 Å². The topological polar surface area (TPSA) is 94.8 Å². The lowest BCUT2D eigenvalue weighted by Gasteiger charge is -2.33. The Hall–Kier alpha value is -3.25. The smallest absolute Gasteiger partial charge is 0.319 e. The first-order chi connectivity index (χ1) is 23.5. The molecule has 0 aromatic heterocycles. The van der Waals surface area contributed by atoms with Gasteiger partial charge in [0.15, 0.2) is 0 Å². The highest BCUT2D eigenvalue weighted by Gasteiger charge is 2.44. The molecule has 0 heterocycles. The zero-order valence-corrected chi connectivity index (χ0v) is 32.8. The number of phenols is 1. The minimum absolute atomic E-state index is 0.0304. The third kappa shape index (κ3) is 11.1. The molecule has 3 aromatic carbocycles. The van der Waals surface area contributed by atoms with E-state index in [-0.39, 0.29) is 23.0 Å². The second-order valence-electron chi connectivity index (χ2n) is 16.2. The molecule has 0 aliphatic carbocycles. The number of unbranched alkanes of at least 4 members (excludes halogenated alkanes) is 7. The lowest BCUT2D eigenvalue weighted by molar-refractivity contribution is -0.141. The highest BCUT2D eigenvalue weighted by atomic mass is 32.2. The molecular weight excluding hydrogens is 641 g/mol. The average molecular weight is 703 g/mol. The minimum atomic E-state index is -1.39. The SMILES string of the molecule is CCCCCCCCCCc1ccc(C(CSCCC(=O)O)(C(=O)O)c2ccc(C)cc2Cc2cc(C(C)(C)C)c(O)c(C(C)(C)C)c2)cc1. The number of carboxylic acids is 2. The number of hydrogen-bond donors (Lipinski definition) is 3. The van der Waals surface area contributed by atoms with Gasteiger partial charge in [-0.1, -0.05) is 154 Å². The van der Waals surface area contributed by atoms with Gasteiger partial charge in [-0.05, 0) is 76.0 Å². The Morgan fingerprint density at radius 1 is 0.700 bits per heavy atom. The molecule has 0 bridgehead atoms. The first kappa shape index (κ1) is 41.2. The summed E-state index contributed by atoms with van der Waals surface area (Å²) in [5.41, 5.74) is 5.36. The quantitative estimate of drug-likeness (QED) is 0.108. The second kappa shape index (κ2) is 18.3. The van der Waals surface area contributed by atoms with E-state index >= 15 is 0 Å². The summed E-state index contributed by atoms with van der Waals surface area (Å²) in [5, 5.41) is 31.9. The van der Waals surface area contributed by atoms with Crippen molar-refractivity contribution in [2.45, 2.75) is 142 Å². The van der Waals surface area contributed by atoms with E-state index in [9.17, 15) is 24.9 Å². The number of thioether (sulfide) groups is 1. The summed E-state index contributed by atoms with van der Waals surface area (Å²) in [6.07, 6.45) is 11.5. The van der Waals surface area contributed by atoms with Gasteiger partial charge in [0.2, 0.25) is 0 Å². The molecule has 50 heavy (non-hydrogen) atoms. The molecule has 5 nitrogen and oxygen atoms in total. The highest BCUT2D eigenvalue weighted by molar-refractivity contribution is 7.99. The molecule has 1 atom stereocenters. The van der Waals surface area contributed by atoms with Crippen molar-refractivity contribution in [2.75, 3.05) is 11.5 Å². The van der Waals surface area contributed by atoms with Gasteiger partial charge in [-0.15, -0.1) is 0 Å². The summed E-state index contributed by atoms with van der Waals surface area (Å²) in [5.74, 6) is -0.989. The Morgan fingerprint density at radius 3 is 1.78 bits per heavy atom. The van der Waals surface area contributed by atoms with Gasteiger partial charge in [-0.25, -0.2) is 0 Å². The van der Waals surface area contributed by atoms with Crippen molar-refractivity contribution in [3.63, 3.8) is 0 Å². The number of hydrogen-bond acceptors (Lipinski definition) is 4. The molecule has 0 fully saturated rings. The van der Waals surface area contributed by atoms with Gasteiger partial charge in [-0.2, -0.15) is 11.8 Å². The molecule has 0 saturated heterocycles. The zero-order valence-electron chi connectivity index (χ0n) is 32.0. The number of aromatic hydroxyl groups is 1. The van der Waals surface area contributed by atoms with Crippen LogP contribution in [-0.4, -0.2) is 38.8 Å². The van der Waals surface area contributed by atoms with Crippen LogP contribution in [0.1, 0.15) is 151 Å². The molecular formula is C44H62O5S. The number of aryl methyl sites for hydroxylation is 2. The summed E-state index contributed by atoms with van der Waals surface area (Å²) in [7, 11) is 0. The Kier molecular flexibility index (Phi) is 15.1. The maximum absolute atomic E-state index is 13.7. The third-order valence-electron chi connectivity index (χ3n) is 9.81. The van der Waals surface area contributed by atoms with Crippen LogP contribution < -0.4 is 0 Å². The summed E-state index contributed by atoms with van der Waals surface area (Å²) >= 11 is 1.38. The second-order valence-corrected chi connectivity index (χ2v) is 17.3. The predicted molar refractivity (Wildman–Crippen MR) is 210 cm³/mol. The number of benzene rings is 3. The van der Waals surface area contributed by atoms with Crippen LogP contribution in [0.4, 0.5) is 0 Å². The van der Waals surface area contributed by atoms with E-state index in [0.29, 0.717) is 23.5 Å². The molecule has 0 amide bonds. The predicted octanol–water partition coefficient (Wildman–Crippen LogP) is 11.1. The maximum atomic E-state index is 13.7. The van der Waals surface area contributed by atoms with E-state index < -0.39 is 17.4 Å². The van der Waals surface area contributed by atoms with Crippen molar-refractivity contribution in [1.29, 1.82) is 0 Å². The van der Waals surface area contributed by atoms with Crippen LogP contribution in [0.5, 0.6) is 5.75 Å². The summed E-state index contributed by atoms with van der Waals surface area (Å²) in [4.78, 5) is 25.1. The van der Waals surface area contributed by atoms with Gasteiger partial charge >= 0.3 is 11.9 Å². The van der Waals surface area contributed by atoms with Crippen molar-refractivity contribution >= 4 is 23.7 Å². The van der Waals surface area contributed by atoms with E-state index in [4.69, 9.17) is 0 Å². The fourth-order valence-corrected chi connectivity index (χ4v) is 8.08. The van der Waals surface area contributed by atoms with Crippen LogP contribution in [0.15, 0.2) is 54.6 Å². The summed E-state index contributed by atoms with van der Waals surface area (Å²) < 4.78 is 0. The molecule has 0 saturated carbocycles. The largest absolute Gasteiger partial charge is 0.507 e. The Labute approximate surface area is 306 Å². The van der Waals surface area contributed by atoms with Gasteiger partial charge in [0, 0.05) is 11.5 Å². The van der Waals surface area contributed by atoms with E-state index in [1.165, 1.54) is 62.3 Å². The molecule has 1 unspecified atom stereocenters. The maximum Gasteiger partial charge on any atom is 0.319 e. The molecule has 274 valence electrons. The minimum Gasteiger partial charge on any atom is -0.507 e.